The second-order valence-electron chi connectivity index (χ2n) is 2.66. The molecule has 2 rings (SSSR count). The van der Waals surface area contributed by atoms with Crippen LogP contribution in [0.2, 0.25) is 0 Å². The van der Waals surface area contributed by atoms with Crippen molar-refractivity contribution in [3.8, 4) is 5.75 Å². The van der Waals surface area contributed by atoms with E-state index < -0.39 is 7.82 Å². The summed E-state index contributed by atoms with van der Waals surface area (Å²) in [6.07, 6.45) is 0. The average molecular weight is 282 g/mol. The molecule has 2 N–H and O–H groups in total. The Morgan fingerprint density at radius 2 is 1.38 bits per heavy atom. The Balaban J connectivity index is 0.000000318. The standard InChI is InChI=1S/C5H6O4P.C5H5.Fe/c6-10(7,8)9-5-3-1-2-4-5;1-2-4-5-3-1;/h1-4H,(H2,6,7,8);1-5H;/q-1;-5;. The van der Waals surface area contributed by atoms with Gasteiger partial charge in [0.05, 0.1) is 0 Å². The van der Waals surface area contributed by atoms with E-state index in [0.717, 1.165) is 0 Å². The van der Waals surface area contributed by atoms with Crippen LogP contribution in [0.1, 0.15) is 0 Å². The van der Waals surface area contributed by atoms with Gasteiger partial charge >= 0.3 is 7.82 Å². The molecule has 0 amide bonds. The summed E-state index contributed by atoms with van der Waals surface area (Å²) in [5.74, 6) is 0.188. The van der Waals surface area contributed by atoms with Gasteiger partial charge in [0, 0.05) is 22.8 Å². The van der Waals surface area contributed by atoms with Crippen molar-refractivity contribution in [2.24, 2.45) is 0 Å². The van der Waals surface area contributed by atoms with Gasteiger partial charge in [-0.25, -0.2) is 16.7 Å². The largest absolute Gasteiger partial charge is 0.748 e. The minimum atomic E-state index is -4.35. The summed E-state index contributed by atoms with van der Waals surface area (Å²) in [7, 11) is -4.35. The van der Waals surface area contributed by atoms with Crippen LogP contribution in [-0.4, -0.2) is 9.79 Å². The summed E-state index contributed by atoms with van der Waals surface area (Å²) in [4.78, 5) is 16.6. The first kappa shape index (κ1) is 15.2. The molecule has 16 heavy (non-hydrogen) atoms. The molecule has 0 bridgehead atoms. The van der Waals surface area contributed by atoms with Gasteiger partial charge in [0.1, 0.15) is 0 Å². The molecule has 0 radical (unpaired) electrons. The molecule has 0 spiro atoms. The SMILES string of the molecule is O=P(O)(O)O[c-]1cccc1.[Fe].[cH-]1[cH-][cH-][cH-][cH-]1. The maximum absolute atomic E-state index is 10.2. The van der Waals surface area contributed by atoms with Crippen LogP contribution in [0.25, 0.3) is 0 Å². The normalized spacial score (nSPS) is 9.62. The first-order valence-electron chi connectivity index (χ1n) is 4.21. The van der Waals surface area contributed by atoms with Crippen LogP contribution >= 0.6 is 7.82 Å². The third kappa shape index (κ3) is 7.46. The molecule has 0 aromatic heterocycles. The van der Waals surface area contributed by atoms with E-state index >= 15 is 0 Å². The monoisotopic (exact) mass is 282 g/mol. The number of hydrogen-bond acceptors (Lipinski definition) is 2. The summed E-state index contributed by atoms with van der Waals surface area (Å²) in [5.41, 5.74) is 0. The van der Waals surface area contributed by atoms with Crippen molar-refractivity contribution in [2.75, 3.05) is 0 Å². The molecule has 0 aliphatic heterocycles. The quantitative estimate of drug-likeness (QED) is 0.504. The third-order valence-corrected chi connectivity index (χ3v) is 1.86. The Bertz CT molecular complexity index is 373. The summed E-state index contributed by atoms with van der Waals surface area (Å²) >= 11 is 0. The molecule has 0 unspecified atom stereocenters. The topological polar surface area (TPSA) is 66.8 Å². The molecule has 0 saturated carbocycles. The Morgan fingerprint density at radius 1 is 1.00 bits per heavy atom. The Labute approximate surface area is 104 Å². The zero-order chi connectivity index (χ0) is 11.1. The number of rotatable bonds is 2. The zero-order valence-electron chi connectivity index (χ0n) is 8.21. The van der Waals surface area contributed by atoms with Gasteiger partial charge in [0.25, 0.3) is 0 Å². The molecule has 6 heteroatoms. The van der Waals surface area contributed by atoms with Gasteiger partial charge in [-0.05, 0) is 0 Å². The van der Waals surface area contributed by atoms with E-state index in [1.165, 1.54) is 12.1 Å². The van der Waals surface area contributed by atoms with E-state index in [1.54, 1.807) is 12.1 Å². The van der Waals surface area contributed by atoms with Crippen LogP contribution < -0.4 is 4.52 Å². The van der Waals surface area contributed by atoms with Crippen LogP contribution in [-0.2, 0) is 21.6 Å². The molecule has 0 fully saturated rings. The van der Waals surface area contributed by atoms with Gasteiger partial charge in [0.15, 0.2) is 0 Å². The fourth-order valence-corrected chi connectivity index (χ4v) is 1.27. The summed E-state index contributed by atoms with van der Waals surface area (Å²) < 4.78 is 14.4. The molecule has 94 valence electrons. The van der Waals surface area contributed by atoms with Crippen molar-refractivity contribution in [1.29, 1.82) is 0 Å². The molecule has 0 aliphatic rings. The zero-order valence-corrected chi connectivity index (χ0v) is 10.2. The smallest absolute Gasteiger partial charge is 0.512 e. The molecule has 2 aromatic rings. The first-order valence-corrected chi connectivity index (χ1v) is 5.74. The summed E-state index contributed by atoms with van der Waals surface area (Å²) in [6, 6.07) is 16.2. The fourth-order valence-electron chi connectivity index (χ4n) is 0.875. The van der Waals surface area contributed by atoms with Crippen molar-refractivity contribution in [2.45, 2.75) is 0 Å². The maximum atomic E-state index is 10.2. The number of phosphoric acid groups is 1. The van der Waals surface area contributed by atoms with E-state index in [4.69, 9.17) is 9.79 Å². The summed E-state index contributed by atoms with van der Waals surface area (Å²) in [5, 5.41) is 0. The maximum Gasteiger partial charge on any atom is 0.512 e. The Morgan fingerprint density at radius 3 is 1.69 bits per heavy atom. The van der Waals surface area contributed by atoms with Gasteiger partial charge in [-0.3, -0.25) is 9.79 Å². The van der Waals surface area contributed by atoms with Crippen molar-refractivity contribution in [3.05, 3.63) is 54.6 Å². The molecular weight excluding hydrogens is 271 g/mol. The second kappa shape index (κ2) is 7.44. The molecule has 2 aromatic carbocycles. The molecule has 0 heterocycles. The van der Waals surface area contributed by atoms with Crippen LogP contribution in [0.4, 0.5) is 0 Å². The van der Waals surface area contributed by atoms with Crippen molar-refractivity contribution in [1.82, 2.24) is 0 Å². The number of phosphoric ester groups is 1. The van der Waals surface area contributed by atoms with Gasteiger partial charge in [0.2, 0.25) is 0 Å². The predicted octanol–water partition coefficient (Wildman–Crippen LogP) is 2.28. The molecule has 0 saturated heterocycles. The van der Waals surface area contributed by atoms with Gasteiger partial charge in [-0.15, -0.1) is 12.1 Å². The first-order chi connectivity index (χ1) is 7.08. The summed E-state index contributed by atoms with van der Waals surface area (Å²) in [6.45, 7) is 0. The van der Waals surface area contributed by atoms with Crippen molar-refractivity contribution < 1.29 is 35.9 Å². The van der Waals surface area contributed by atoms with E-state index in [-0.39, 0.29) is 22.8 Å². The van der Waals surface area contributed by atoms with E-state index in [1.807, 2.05) is 30.3 Å². The van der Waals surface area contributed by atoms with Crippen LogP contribution in [0, 0.1) is 0 Å². The van der Waals surface area contributed by atoms with Crippen molar-refractivity contribution in [3.63, 3.8) is 0 Å². The van der Waals surface area contributed by atoms with E-state index in [9.17, 15) is 4.57 Å². The van der Waals surface area contributed by atoms with Crippen LogP contribution in [0.5, 0.6) is 5.75 Å². The van der Waals surface area contributed by atoms with Gasteiger partial charge < -0.3 is 34.9 Å². The minimum Gasteiger partial charge on any atom is -0.748 e. The molecule has 0 atom stereocenters. The Hall–Kier alpha value is -0.831. The second-order valence-corrected chi connectivity index (χ2v) is 3.83. The molecular formula is C10H11FeO4P-6. The average Bonchev–Trinajstić information content (AvgIpc) is 2.71. The van der Waals surface area contributed by atoms with E-state index in [2.05, 4.69) is 4.52 Å². The van der Waals surface area contributed by atoms with Crippen LogP contribution in [0.3, 0.4) is 0 Å². The third-order valence-electron chi connectivity index (χ3n) is 1.41. The van der Waals surface area contributed by atoms with Crippen molar-refractivity contribution >= 4 is 7.82 Å². The minimum absolute atomic E-state index is 0. The van der Waals surface area contributed by atoms with E-state index in [0.29, 0.717) is 0 Å². The fraction of sp³-hybridized carbons (Fsp3) is 0. The predicted molar refractivity (Wildman–Crippen MR) is 56.7 cm³/mol. The molecule has 4 nitrogen and oxygen atoms in total. The van der Waals surface area contributed by atoms with Gasteiger partial charge in [-0.2, -0.15) is 0 Å². The van der Waals surface area contributed by atoms with Crippen LogP contribution in [0.15, 0.2) is 54.6 Å². The Kier molecular flexibility index (Phi) is 7.06. The van der Waals surface area contributed by atoms with Gasteiger partial charge in [-0.1, -0.05) is 0 Å². The molecule has 0 aliphatic carbocycles. The number of hydrogen-bond donors (Lipinski definition) is 2.